The number of hydrogen-bond acceptors (Lipinski definition) is 3. The van der Waals surface area contributed by atoms with Gasteiger partial charge in [-0.2, -0.15) is 0 Å². The molecule has 0 radical (unpaired) electrons. The fourth-order valence-corrected chi connectivity index (χ4v) is 2.31. The number of ether oxygens (including phenoxy) is 1. The molecule has 2 aromatic rings. The molecule has 1 aromatic carbocycles. The second-order valence-electron chi connectivity index (χ2n) is 3.84. The van der Waals surface area contributed by atoms with E-state index in [4.69, 9.17) is 4.74 Å². The van der Waals surface area contributed by atoms with E-state index in [9.17, 15) is 9.18 Å². The highest BCUT2D eigenvalue weighted by Gasteiger charge is 2.08. The highest BCUT2D eigenvalue weighted by atomic mass is 32.1. The Kier molecular flexibility index (Phi) is 4.47. The molecule has 2 rings (SSSR count). The Labute approximate surface area is 109 Å². The first-order valence-corrected chi connectivity index (χ1v) is 6.61. The lowest BCUT2D eigenvalue weighted by Gasteiger charge is -2.04. The number of rotatable bonds is 5. The van der Waals surface area contributed by atoms with Crippen LogP contribution in [-0.4, -0.2) is 5.97 Å². The number of carbonyl (C=O) groups excluding carboxylic acids is 1. The van der Waals surface area contributed by atoms with Gasteiger partial charge < -0.3 is 4.74 Å². The Balaban J connectivity index is 1.77. The van der Waals surface area contributed by atoms with Crippen molar-refractivity contribution in [2.75, 3.05) is 0 Å². The summed E-state index contributed by atoms with van der Waals surface area (Å²) in [6.07, 6.45) is 1.87. The van der Waals surface area contributed by atoms with Crippen LogP contribution in [0.2, 0.25) is 0 Å². The molecule has 0 aliphatic heterocycles. The number of para-hydroxylation sites is 1. The summed E-state index contributed by atoms with van der Waals surface area (Å²) in [6.45, 7) is 0. The second-order valence-corrected chi connectivity index (χ2v) is 4.87. The number of esters is 1. The van der Waals surface area contributed by atoms with Crippen LogP contribution in [-0.2, 0) is 11.2 Å². The maximum atomic E-state index is 13.2. The first kappa shape index (κ1) is 12.8. The minimum absolute atomic E-state index is 0.00127. The molecule has 0 saturated carbocycles. The van der Waals surface area contributed by atoms with E-state index >= 15 is 0 Å². The lowest BCUT2D eigenvalue weighted by molar-refractivity contribution is -0.134. The third-order valence-corrected chi connectivity index (χ3v) is 3.38. The summed E-state index contributed by atoms with van der Waals surface area (Å²) in [7, 11) is 0. The summed E-state index contributed by atoms with van der Waals surface area (Å²) in [5.41, 5.74) is 0. The van der Waals surface area contributed by atoms with E-state index in [2.05, 4.69) is 0 Å². The van der Waals surface area contributed by atoms with Crippen molar-refractivity contribution in [1.82, 2.24) is 0 Å². The normalized spacial score (nSPS) is 10.3. The van der Waals surface area contributed by atoms with E-state index in [0.29, 0.717) is 12.8 Å². The predicted octanol–water partition coefficient (Wildman–Crippen LogP) is 3.82. The van der Waals surface area contributed by atoms with E-state index < -0.39 is 11.8 Å². The Morgan fingerprint density at radius 3 is 2.78 bits per heavy atom. The van der Waals surface area contributed by atoms with Crippen LogP contribution < -0.4 is 4.74 Å². The molecular formula is C14H13FO2S. The van der Waals surface area contributed by atoms with Gasteiger partial charge in [-0.25, -0.2) is 4.39 Å². The minimum atomic E-state index is -0.510. The number of benzene rings is 1. The van der Waals surface area contributed by atoms with Crippen LogP contribution in [0.4, 0.5) is 4.39 Å². The summed E-state index contributed by atoms with van der Waals surface area (Å²) in [4.78, 5) is 12.8. The summed E-state index contributed by atoms with van der Waals surface area (Å²) >= 11 is 1.67. The van der Waals surface area contributed by atoms with Gasteiger partial charge in [0, 0.05) is 11.3 Å². The number of carbonyl (C=O) groups is 1. The van der Waals surface area contributed by atoms with Crippen molar-refractivity contribution in [3.05, 3.63) is 52.5 Å². The fourth-order valence-electron chi connectivity index (χ4n) is 1.56. The summed E-state index contributed by atoms with van der Waals surface area (Å²) < 4.78 is 18.2. The van der Waals surface area contributed by atoms with Gasteiger partial charge in [0.2, 0.25) is 0 Å². The molecule has 18 heavy (non-hydrogen) atoms. The van der Waals surface area contributed by atoms with Crippen molar-refractivity contribution in [1.29, 1.82) is 0 Å². The quantitative estimate of drug-likeness (QED) is 0.606. The topological polar surface area (TPSA) is 26.3 Å². The molecule has 0 atom stereocenters. The highest BCUT2D eigenvalue weighted by Crippen LogP contribution is 2.17. The zero-order chi connectivity index (χ0) is 12.8. The first-order valence-electron chi connectivity index (χ1n) is 5.73. The van der Waals surface area contributed by atoms with E-state index in [0.717, 1.165) is 6.42 Å². The number of thiophene rings is 1. The molecule has 2 nitrogen and oxygen atoms in total. The smallest absolute Gasteiger partial charge is 0.311 e. The van der Waals surface area contributed by atoms with Gasteiger partial charge in [0.1, 0.15) is 0 Å². The Morgan fingerprint density at radius 1 is 1.22 bits per heavy atom. The Bertz CT molecular complexity index is 508. The maximum absolute atomic E-state index is 13.2. The van der Waals surface area contributed by atoms with Gasteiger partial charge in [-0.1, -0.05) is 18.2 Å². The zero-order valence-corrected chi connectivity index (χ0v) is 10.6. The highest BCUT2D eigenvalue weighted by molar-refractivity contribution is 7.09. The van der Waals surface area contributed by atoms with E-state index in [1.165, 1.54) is 17.0 Å². The summed E-state index contributed by atoms with van der Waals surface area (Å²) in [6, 6.07) is 9.94. The SMILES string of the molecule is O=C(CCCc1cccs1)Oc1ccccc1F. The number of halogens is 1. The molecule has 4 heteroatoms. The number of hydrogen-bond donors (Lipinski definition) is 0. The molecular weight excluding hydrogens is 251 g/mol. The molecule has 0 bridgehead atoms. The van der Waals surface area contributed by atoms with Crippen molar-refractivity contribution in [3.63, 3.8) is 0 Å². The molecule has 0 spiro atoms. The molecule has 0 aliphatic rings. The lowest BCUT2D eigenvalue weighted by Crippen LogP contribution is -2.08. The second kappa shape index (κ2) is 6.31. The molecule has 0 fully saturated rings. The molecule has 0 unspecified atom stereocenters. The van der Waals surface area contributed by atoms with Gasteiger partial charge in [-0.3, -0.25) is 4.79 Å². The van der Waals surface area contributed by atoms with Crippen molar-refractivity contribution in [3.8, 4) is 5.75 Å². The first-order chi connectivity index (χ1) is 8.75. The monoisotopic (exact) mass is 264 g/mol. The average Bonchev–Trinajstić information content (AvgIpc) is 2.85. The van der Waals surface area contributed by atoms with Crippen LogP contribution in [0.15, 0.2) is 41.8 Å². The van der Waals surface area contributed by atoms with Gasteiger partial charge in [-0.05, 0) is 36.4 Å². The minimum Gasteiger partial charge on any atom is -0.423 e. The zero-order valence-electron chi connectivity index (χ0n) is 9.77. The Hall–Kier alpha value is -1.68. The predicted molar refractivity (Wildman–Crippen MR) is 69.3 cm³/mol. The van der Waals surface area contributed by atoms with Crippen LogP contribution in [0.1, 0.15) is 17.7 Å². The van der Waals surface area contributed by atoms with Crippen LogP contribution in [0.25, 0.3) is 0 Å². The third-order valence-electron chi connectivity index (χ3n) is 2.44. The fraction of sp³-hybridized carbons (Fsp3) is 0.214. The van der Waals surface area contributed by atoms with E-state index in [1.807, 2.05) is 17.5 Å². The molecule has 0 aliphatic carbocycles. The van der Waals surface area contributed by atoms with E-state index in [1.54, 1.807) is 23.5 Å². The molecule has 0 N–H and O–H groups in total. The largest absolute Gasteiger partial charge is 0.423 e. The molecule has 1 aromatic heterocycles. The van der Waals surface area contributed by atoms with Crippen molar-refractivity contribution in [2.45, 2.75) is 19.3 Å². The van der Waals surface area contributed by atoms with Crippen molar-refractivity contribution >= 4 is 17.3 Å². The van der Waals surface area contributed by atoms with Crippen LogP contribution >= 0.6 is 11.3 Å². The third kappa shape index (κ3) is 3.67. The maximum Gasteiger partial charge on any atom is 0.311 e. The molecule has 1 heterocycles. The molecule has 94 valence electrons. The summed E-state index contributed by atoms with van der Waals surface area (Å²) in [5, 5.41) is 2.01. The molecule has 0 amide bonds. The van der Waals surface area contributed by atoms with Crippen LogP contribution in [0.5, 0.6) is 5.75 Å². The van der Waals surface area contributed by atoms with Gasteiger partial charge >= 0.3 is 5.97 Å². The van der Waals surface area contributed by atoms with Crippen LogP contribution in [0, 0.1) is 5.82 Å². The van der Waals surface area contributed by atoms with Gasteiger partial charge in [-0.15, -0.1) is 11.3 Å². The van der Waals surface area contributed by atoms with E-state index in [-0.39, 0.29) is 5.75 Å². The number of aryl methyl sites for hydroxylation is 1. The van der Waals surface area contributed by atoms with Gasteiger partial charge in [0.05, 0.1) is 0 Å². The lowest BCUT2D eigenvalue weighted by atomic mass is 10.2. The standard InChI is InChI=1S/C14H13FO2S/c15-12-7-1-2-8-13(12)17-14(16)9-3-5-11-6-4-10-18-11/h1-2,4,6-8,10H,3,5,9H2. The van der Waals surface area contributed by atoms with Crippen molar-refractivity contribution < 1.29 is 13.9 Å². The Morgan fingerprint density at radius 2 is 2.06 bits per heavy atom. The van der Waals surface area contributed by atoms with Crippen molar-refractivity contribution in [2.24, 2.45) is 0 Å². The molecule has 0 saturated heterocycles. The summed E-state index contributed by atoms with van der Waals surface area (Å²) in [5.74, 6) is -0.903. The average molecular weight is 264 g/mol. The van der Waals surface area contributed by atoms with Gasteiger partial charge in [0.15, 0.2) is 11.6 Å². The van der Waals surface area contributed by atoms with Crippen LogP contribution in [0.3, 0.4) is 0 Å². The van der Waals surface area contributed by atoms with Gasteiger partial charge in [0.25, 0.3) is 0 Å².